The number of nitro benzene ring substituents is 1. The maximum absolute atomic E-state index is 11.9. The molecule has 0 aliphatic carbocycles. The highest BCUT2D eigenvalue weighted by Crippen LogP contribution is 2.18. The lowest BCUT2D eigenvalue weighted by molar-refractivity contribution is -0.384. The number of rotatable bonds is 4. The van der Waals surface area contributed by atoms with Crippen LogP contribution in [0.1, 0.15) is 12.8 Å². The lowest BCUT2D eigenvalue weighted by Gasteiger charge is -2.12. The molecule has 0 spiro atoms. The normalized spacial score (nSPS) is 19.9. The SMILES string of the molecule is O=[N+]([O-])c1ccc(S(=O)(=O)NC2CCCO2)cc1. The van der Waals surface area contributed by atoms with Crippen molar-refractivity contribution in [2.24, 2.45) is 0 Å². The van der Waals surface area contributed by atoms with E-state index in [1.807, 2.05) is 0 Å². The number of sulfonamides is 1. The van der Waals surface area contributed by atoms with Crippen LogP contribution in [0.4, 0.5) is 5.69 Å². The van der Waals surface area contributed by atoms with Crippen molar-refractivity contribution in [2.75, 3.05) is 6.61 Å². The van der Waals surface area contributed by atoms with Gasteiger partial charge in [-0.1, -0.05) is 0 Å². The molecule has 0 amide bonds. The van der Waals surface area contributed by atoms with Gasteiger partial charge >= 0.3 is 0 Å². The van der Waals surface area contributed by atoms with Gasteiger partial charge < -0.3 is 4.74 Å². The van der Waals surface area contributed by atoms with Gasteiger partial charge in [-0.05, 0) is 25.0 Å². The number of hydrogen-bond acceptors (Lipinski definition) is 5. The first-order valence-electron chi connectivity index (χ1n) is 5.37. The van der Waals surface area contributed by atoms with Crippen molar-refractivity contribution in [3.05, 3.63) is 34.4 Å². The summed E-state index contributed by atoms with van der Waals surface area (Å²) in [5, 5.41) is 10.5. The molecule has 8 heteroatoms. The predicted molar refractivity (Wildman–Crippen MR) is 62.4 cm³/mol. The Morgan fingerprint density at radius 2 is 2.00 bits per heavy atom. The molecule has 7 nitrogen and oxygen atoms in total. The van der Waals surface area contributed by atoms with E-state index in [1.54, 1.807) is 0 Å². The Morgan fingerprint density at radius 3 is 2.50 bits per heavy atom. The number of nitro groups is 1. The molecule has 1 aromatic carbocycles. The summed E-state index contributed by atoms with van der Waals surface area (Å²) < 4.78 is 31.4. The fourth-order valence-corrected chi connectivity index (χ4v) is 2.82. The van der Waals surface area contributed by atoms with E-state index in [4.69, 9.17) is 4.74 Å². The molecule has 18 heavy (non-hydrogen) atoms. The molecule has 1 unspecified atom stereocenters. The number of non-ortho nitro benzene ring substituents is 1. The monoisotopic (exact) mass is 272 g/mol. The molecule has 0 aromatic heterocycles. The predicted octanol–water partition coefficient (Wildman–Crippen LogP) is 1.01. The topological polar surface area (TPSA) is 98.5 Å². The van der Waals surface area contributed by atoms with E-state index in [-0.39, 0.29) is 10.6 Å². The minimum absolute atomic E-state index is 0.0106. The zero-order valence-electron chi connectivity index (χ0n) is 9.40. The third-order valence-electron chi connectivity index (χ3n) is 2.57. The van der Waals surface area contributed by atoms with Crippen molar-refractivity contribution in [2.45, 2.75) is 24.0 Å². The summed E-state index contributed by atoms with van der Waals surface area (Å²) in [6.45, 7) is 0.535. The molecule has 0 bridgehead atoms. The van der Waals surface area contributed by atoms with Crippen LogP contribution < -0.4 is 4.72 Å². The molecule has 1 aliphatic heterocycles. The Kier molecular flexibility index (Phi) is 3.60. The molecule has 98 valence electrons. The molecule has 0 radical (unpaired) electrons. The highest BCUT2D eigenvalue weighted by atomic mass is 32.2. The van der Waals surface area contributed by atoms with Gasteiger partial charge in [0.1, 0.15) is 6.23 Å². The first-order chi connectivity index (χ1) is 8.49. The molecule has 1 aromatic rings. The van der Waals surface area contributed by atoms with Crippen LogP contribution in [0, 0.1) is 10.1 Å². The first-order valence-corrected chi connectivity index (χ1v) is 6.86. The zero-order valence-corrected chi connectivity index (χ0v) is 10.2. The second-order valence-corrected chi connectivity index (χ2v) is 5.59. The Balaban J connectivity index is 2.16. The van der Waals surface area contributed by atoms with Crippen molar-refractivity contribution < 1.29 is 18.1 Å². The third-order valence-corrected chi connectivity index (χ3v) is 4.04. The smallest absolute Gasteiger partial charge is 0.269 e. The van der Waals surface area contributed by atoms with Crippen LogP contribution in [0.2, 0.25) is 0 Å². The minimum atomic E-state index is -3.68. The molecular formula is C10H12N2O5S. The van der Waals surface area contributed by atoms with Crippen LogP contribution in [0.5, 0.6) is 0 Å². The zero-order chi connectivity index (χ0) is 13.2. The van der Waals surface area contributed by atoms with E-state index in [2.05, 4.69) is 4.72 Å². The summed E-state index contributed by atoms with van der Waals surface area (Å²) in [6, 6.07) is 4.72. The van der Waals surface area contributed by atoms with Crippen molar-refractivity contribution in [1.82, 2.24) is 4.72 Å². The van der Waals surface area contributed by atoms with Crippen LogP contribution >= 0.6 is 0 Å². The van der Waals surface area contributed by atoms with E-state index in [0.717, 1.165) is 18.6 Å². The van der Waals surface area contributed by atoms with Gasteiger partial charge in [-0.3, -0.25) is 10.1 Å². The molecule has 1 N–H and O–H groups in total. The third kappa shape index (κ3) is 2.84. The Hall–Kier alpha value is -1.51. The largest absolute Gasteiger partial charge is 0.362 e. The number of hydrogen-bond donors (Lipinski definition) is 1. The van der Waals surface area contributed by atoms with Gasteiger partial charge in [0.15, 0.2) is 0 Å². The summed E-state index contributed by atoms with van der Waals surface area (Å²) in [6.07, 6.45) is 0.935. The first kappa shape index (κ1) is 12.9. The lowest BCUT2D eigenvalue weighted by Crippen LogP contribution is -2.34. The highest BCUT2D eigenvalue weighted by molar-refractivity contribution is 7.89. The average molecular weight is 272 g/mol. The number of nitrogens with one attached hydrogen (secondary N) is 1. The van der Waals surface area contributed by atoms with E-state index < -0.39 is 21.2 Å². The average Bonchev–Trinajstić information content (AvgIpc) is 2.81. The van der Waals surface area contributed by atoms with Gasteiger partial charge in [0, 0.05) is 18.7 Å². The molecule has 1 aliphatic rings. The van der Waals surface area contributed by atoms with E-state index >= 15 is 0 Å². The summed E-state index contributed by atoms with van der Waals surface area (Å²) in [7, 11) is -3.68. The molecule has 1 fully saturated rings. The van der Waals surface area contributed by atoms with Crippen LogP contribution in [-0.4, -0.2) is 26.2 Å². The van der Waals surface area contributed by atoms with Crippen molar-refractivity contribution in [1.29, 1.82) is 0 Å². The molecule has 1 saturated heterocycles. The van der Waals surface area contributed by atoms with Gasteiger partial charge in [-0.2, -0.15) is 4.72 Å². The van der Waals surface area contributed by atoms with Crippen LogP contribution in [0.15, 0.2) is 29.2 Å². The summed E-state index contributed by atoms with van der Waals surface area (Å²) >= 11 is 0. The van der Waals surface area contributed by atoms with Crippen molar-refractivity contribution in [3.63, 3.8) is 0 Å². The van der Waals surface area contributed by atoms with E-state index in [0.29, 0.717) is 13.0 Å². The van der Waals surface area contributed by atoms with E-state index in [1.165, 1.54) is 12.1 Å². The van der Waals surface area contributed by atoms with Gasteiger partial charge in [-0.25, -0.2) is 8.42 Å². The molecule has 2 rings (SSSR count). The molecule has 0 saturated carbocycles. The summed E-state index contributed by atoms with van der Waals surface area (Å²) in [4.78, 5) is 9.87. The quantitative estimate of drug-likeness (QED) is 0.651. The second kappa shape index (κ2) is 5.01. The van der Waals surface area contributed by atoms with Crippen LogP contribution in [0.25, 0.3) is 0 Å². The van der Waals surface area contributed by atoms with E-state index in [9.17, 15) is 18.5 Å². The van der Waals surface area contributed by atoms with Crippen LogP contribution in [-0.2, 0) is 14.8 Å². The maximum atomic E-state index is 11.9. The van der Waals surface area contributed by atoms with Gasteiger partial charge in [0.2, 0.25) is 10.0 Å². The van der Waals surface area contributed by atoms with Crippen LogP contribution in [0.3, 0.4) is 0 Å². The fourth-order valence-electron chi connectivity index (χ4n) is 1.66. The number of nitrogens with zero attached hydrogens (tertiary/aromatic N) is 1. The van der Waals surface area contributed by atoms with Gasteiger partial charge in [-0.15, -0.1) is 0 Å². The fraction of sp³-hybridized carbons (Fsp3) is 0.400. The lowest BCUT2D eigenvalue weighted by atomic mass is 10.3. The van der Waals surface area contributed by atoms with Gasteiger partial charge in [0.05, 0.1) is 9.82 Å². The summed E-state index contributed by atoms with van der Waals surface area (Å²) in [5.74, 6) is 0. The summed E-state index contributed by atoms with van der Waals surface area (Å²) in [5.41, 5.74) is -0.147. The highest BCUT2D eigenvalue weighted by Gasteiger charge is 2.23. The standard InChI is InChI=1S/C10H12N2O5S/c13-12(14)8-3-5-9(6-4-8)18(15,16)11-10-2-1-7-17-10/h3-6,10-11H,1-2,7H2. The van der Waals surface area contributed by atoms with Gasteiger partial charge in [0.25, 0.3) is 5.69 Å². The van der Waals surface area contributed by atoms with Crippen molar-refractivity contribution >= 4 is 15.7 Å². The minimum Gasteiger partial charge on any atom is -0.362 e. The second-order valence-electron chi connectivity index (χ2n) is 3.87. The molecule has 1 heterocycles. The Bertz CT molecular complexity index is 534. The Morgan fingerprint density at radius 1 is 1.33 bits per heavy atom. The number of benzene rings is 1. The number of ether oxygens (including phenoxy) is 1. The molecular weight excluding hydrogens is 260 g/mol. The van der Waals surface area contributed by atoms with Crippen molar-refractivity contribution in [3.8, 4) is 0 Å². The molecule has 1 atom stereocenters. The maximum Gasteiger partial charge on any atom is 0.269 e. The Labute approximate surface area is 104 Å².